The van der Waals surface area contributed by atoms with Crippen molar-refractivity contribution in [1.29, 1.82) is 0 Å². The number of pyridine rings is 1. The van der Waals surface area contributed by atoms with Crippen LogP contribution in [0.25, 0.3) is 0 Å². The number of amides is 1. The van der Waals surface area contributed by atoms with E-state index in [-0.39, 0.29) is 21.9 Å². The third-order valence-corrected chi connectivity index (χ3v) is 8.15. The second-order valence-electron chi connectivity index (χ2n) is 5.13. The first-order valence-corrected chi connectivity index (χ1v) is 10.6. The molecule has 0 fully saturated rings. The fraction of sp³-hybridized carbons (Fsp3) is 0.125. The lowest BCUT2D eigenvalue weighted by atomic mass is 10.2. The van der Waals surface area contributed by atoms with E-state index in [0.717, 1.165) is 11.3 Å². The summed E-state index contributed by atoms with van der Waals surface area (Å²) in [6.45, 7) is -0.0568. The van der Waals surface area contributed by atoms with Crippen LogP contribution < -0.4 is 10.9 Å². The van der Waals surface area contributed by atoms with Crippen molar-refractivity contribution in [3.05, 3.63) is 74.1 Å². The molecule has 1 amide bonds. The Kier molecular flexibility index (Phi) is 5.16. The number of thiophene rings is 2. The van der Waals surface area contributed by atoms with Crippen LogP contribution in [-0.4, -0.2) is 25.9 Å². The van der Waals surface area contributed by atoms with Gasteiger partial charge in [-0.3, -0.25) is 9.59 Å². The van der Waals surface area contributed by atoms with Crippen LogP contribution in [0.1, 0.15) is 20.5 Å². The van der Waals surface area contributed by atoms with Crippen LogP contribution in [0, 0.1) is 0 Å². The summed E-state index contributed by atoms with van der Waals surface area (Å²) < 4.78 is 26.1. The molecule has 0 aromatic carbocycles. The first kappa shape index (κ1) is 17.6. The van der Waals surface area contributed by atoms with E-state index in [2.05, 4.69) is 10.3 Å². The summed E-state index contributed by atoms with van der Waals surface area (Å²) in [7, 11) is -3.61. The van der Waals surface area contributed by atoms with Crippen molar-refractivity contribution in [2.45, 2.75) is 9.46 Å². The van der Waals surface area contributed by atoms with Crippen molar-refractivity contribution in [3.63, 3.8) is 0 Å². The Labute approximate surface area is 152 Å². The van der Waals surface area contributed by atoms with Crippen LogP contribution in [0.5, 0.6) is 0 Å². The lowest BCUT2D eigenvalue weighted by Crippen LogP contribution is -2.31. The highest BCUT2D eigenvalue weighted by molar-refractivity contribution is 7.93. The lowest BCUT2D eigenvalue weighted by molar-refractivity contribution is 0.0953. The summed E-state index contributed by atoms with van der Waals surface area (Å²) in [5, 5.41) is 5.29. The highest BCUT2D eigenvalue weighted by Gasteiger charge is 2.31. The molecule has 25 heavy (non-hydrogen) atoms. The van der Waals surface area contributed by atoms with E-state index in [1.54, 1.807) is 35.0 Å². The average molecular weight is 394 g/mol. The second kappa shape index (κ2) is 7.34. The molecule has 9 heteroatoms. The maximum absolute atomic E-state index is 12.9. The monoisotopic (exact) mass is 394 g/mol. The highest BCUT2D eigenvalue weighted by atomic mass is 32.2. The van der Waals surface area contributed by atoms with Gasteiger partial charge in [0.25, 0.3) is 5.91 Å². The first-order chi connectivity index (χ1) is 12.0. The molecule has 6 nitrogen and oxygen atoms in total. The van der Waals surface area contributed by atoms with Crippen molar-refractivity contribution in [2.24, 2.45) is 0 Å². The SMILES string of the molecule is O=C(NCC(c1cccs1)S(=O)(=O)c1cccs1)c1ccc(=O)[nH]c1. The van der Waals surface area contributed by atoms with Crippen molar-refractivity contribution in [1.82, 2.24) is 10.3 Å². The first-order valence-electron chi connectivity index (χ1n) is 7.26. The Balaban J connectivity index is 1.83. The van der Waals surface area contributed by atoms with E-state index in [9.17, 15) is 18.0 Å². The number of aromatic nitrogens is 1. The van der Waals surface area contributed by atoms with Gasteiger partial charge < -0.3 is 10.3 Å². The molecular formula is C16H14N2O4S3. The van der Waals surface area contributed by atoms with Crippen molar-refractivity contribution in [3.8, 4) is 0 Å². The number of H-pyrrole nitrogens is 1. The Bertz CT molecular complexity index is 986. The minimum Gasteiger partial charge on any atom is -0.350 e. The lowest BCUT2D eigenvalue weighted by Gasteiger charge is -2.16. The van der Waals surface area contributed by atoms with E-state index < -0.39 is 21.0 Å². The van der Waals surface area contributed by atoms with E-state index in [1.165, 1.54) is 29.7 Å². The van der Waals surface area contributed by atoms with Crippen molar-refractivity contribution >= 4 is 38.4 Å². The van der Waals surface area contributed by atoms with Gasteiger partial charge in [0.05, 0.1) is 5.56 Å². The van der Waals surface area contributed by atoms with E-state index in [4.69, 9.17) is 0 Å². The highest BCUT2D eigenvalue weighted by Crippen LogP contribution is 2.33. The normalized spacial score (nSPS) is 12.6. The molecule has 0 aliphatic rings. The number of hydrogen-bond acceptors (Lipinski definition) is 6. The van der Waals surface area contributed by atoms with Gasteiger partial charge in [-0.2, -0.15) is 0 Å². The molecule has 3 heterocycles. The second-order valence-corrected chi connectivity index (χ2v) is 9.42. The van der Waals surface area contributed by atoms with Gasteiger partial charge in [-0.05, 0) is 29.0 Å². The average Bonchev–Trinajstić information content (AvgIpc) is 3.29. The predicted molar refractivity (Wildman–Crippen MR) is 98.0 cm³/mol. The van der Waals surface area contributed by atoms with Crippen LogP contribution in [0.2, 0.25) is 0 Å². The van der Waals surface area contributed by atoms with Gasteiger partial charge in [0.1, 0.15) is 9.46 Å². The molecule has 0 saturated carbocycles. The molecule has 0 saturated heterocycles. The Hall–Kier alpha value is -2.23. The zero-order valence-electron chi connectivity index (χ0n) is 12.8. The molecule has 0 aliphatic carbocycles. The zero-order valence-corrected chi connectivity index (χ0v) is 15.3. The number of aromatic amines is 1. The van der Waals surface area contributed by atoms with E-state index >= 15 is 0 Å². The summed E-state index contributed by atoms with van der Waals surface area (Å²) in [6, 6.07) is 9.40. The van der Waals surface area contributed by atoms with Crippen LogP contribution in [0.15, 0.2) is 62.4 Å². The number of carbonyl (C=O) groups is 1. The Morgan fingerprint density at radius 2 is 1.88 bits per heavy atom. The predicted octanol–water partition coefficient (Wildman–Crippen LogP) is 2.44. The largest absolute Gasteiger partial charge is 0.350 e. The molecule has 0 bridgehead atoms. The molecule has 130 valence electrons. The van der Waals surface area contributed by atoms with Gasteiger partial charge >= 0.3 is 0 Å². The third kappa shape index (κ3) is 3.89. The van der Waals surface area contributed by atoms with Crippen molar-refractivity contribution < 1.29 is 13.2 Å². The molecule has 3 rings (SSSR count). The summed E-state index contributed by atoms with van der Waals surface area (Å²) in [5.74, 6) is -0.445. The Morgan fingerprint density at radius 3 is 2.48 bits per heavy atom. The minimum atomic E-state index is -3.61. The summed E-state index contributed by atoms with van der Waals surface area (Å²) in [5.41, 5.74) is -0.0497. The summed E-state index contributed by atoms with van der Waals surface area (Å²) in [4.78, 5) is 26.4. The molecular weight excluding hydrogens is 380 g/mol. The molecule has 0 aliphatic heterocycles. The molecule has 0 radical (unpaired) electrons. The maximum Gasteiger partial charge on any atom is 0.252 e. The number of carbonyl (C=O) groups excluding carboxylic acids is 1. The Morgan fingerprint density at radius 1 is 1.12 bits per heavy atom. The zero-order chi connectivity index (χ0) is 17.9. The molecule has 2 N–H and O–H groups in total. The van der Waals surface area contributed by atoms with Crippen LogP contribution >= 0.6 is 22.7 Å². The van der Waals surface area contributed by atoms with E-state index in [0.29, 0.717) is 4.88 Å². The fourth-order valence-corrected chi connectivity index (χ4v) is 6.23. The van der Waals surface area contributed by atoms with Gasteiger partial charge in [0, 0.05) is 23.7 Å². The minimum absolute atomic E-state index is 0.0568. The van der Waals surface area contributed by atoms with Crippen molar-refractivity contribution in [2.75, 3.05) is 6.54 Å². The summed E-state index contributed by atoms with van der Waals surface area (Å²) >= 11 is 2.48. The standard InChI is InChI=1S/C16H14N2O4S3/c19-14-6-5-11(9-17-14)16(20)18-10-13(12-3-1-7-23-12)25(21,22)15-4-2-8-24-15/h1-9,13H,10H2,(H,17,19)(H,18,20). The molecule has 3 aromatic rings. The van der Waals surface area contributed by atoms with Crippen LogP contribution in [-0.2, 0) is 9.84 Å². The molecule has 1 unspecified atom stereocenters. The van der Waals surface area contributed by atoms with Gasteiger partial charge in [-0.15, -0.1) is 22.7 Å². The maximum atomic E-state index is 12.9. The van der Waals surface area contributed by atoms with Gasteiger partial charge in [-0.1, -0.05) is 12.1 Å². The topological polar surface area (TPSA) is 96.1 Å². The van der Waals surface area contributed by atoms with Gasteiger partial charge in [0.2, 0.25) is 5.56 Å². The van der Waals surface area contributed by atoms with Gasteiger partial charge in [0.15, 0.2) is 9.84 Å². The number of nitrogens with one attached hydrogen (secondary N) is 2. The number of rotatable bonds is 6. The molecule has 1 atom stereocenters. The fourth-order valence-electron chi connectivity index (χ4n) is 2.24. The number of hydrogen-bond donors (Lipinski definition) is 2. The molecule has 3 aromatic heterocycles. The van der Waals surface area contributed by atoms with Crippen LogP contribution in [0.4, 0.5) is 0 Å². The molecule has 0 spiro atoms. The quantitative estimate of drug-likeness (QED) is 0.671. The third-order valence-electron chi connectivity index (χ3n) is 3.50. The number of sulfone groups is 1. The van der Waals surface area contributed by atoms with Gasteiger partial charge in [-0.25, -0.2) is 8.42 Å². The smallest absolute Gasteiger partial charge is 0.252 e. The van der Waals surface area contributed by atoms with Crippen LogP contribution in [0.3, 0.4) is 0 Å². The summed E-state index contributed by atoms with van der Waals surface area (Å²) in [6.07, 6.45) is 1.30. The van der Waals surface area contributed by atoms with E-state index in [1.807, 2.05) is 0 Å².